The molecular formula is C19H18O4. The van der Waals surface area contributed by atoms with Crippen LogP contribution in [-0.2, 0) is 14.3 Å². The Balaban J connectivity index is 1.75. The Morgan fingerprint density at radius 1 is 1.13 bits per heavy atom. The number of hydrogen-bond acceptors (Lipinski definition) is 4. The molecule has 2 saturated heterocycles. The first-order chi connectivity index (χ1) is 11.2. The lowest BCUT2D eigenvalue weighted by atomic mass is 9.81. The molecule has 2 bridgehead atoms. The Bertz CT molecular complexity index is 726. The number of methoxy groups -OCH3 is 1. The lowest BCUT2D eigenvalue weighted by Crippen LogP contribution is -2.29. The predicted molar refractivity (Wildman–Crippen MR) is 83.2 cm³/mol. The summed E-state index contributed by atoms with van der Waals surface area (Å²) in [6, 6.07) is 5.45. The zero-order chi connectivity index (χ0) is 16.1. The summed E-state index contributed by atoms with van der Waals surface area (Å²) in [5, 5.41) is 0. The maximum Gasteiger partial charge on any atom is 0.154 e. The van der Waals surface area contributed by atoms with Gasteiger partial charge in [-0.05, 0) is 31.9 Å². The molecule has 3 aliphatic rings. The highest BCUT2D eigenvalue weighted by Gasteiger charge is 2.63. The van der Waals surface area contributed by atoms with Crippen LogP contribution >= 0.6 is 0 Å². The van der Waals surface area contributed by atoms with Gasteiger partial charge in [0.05, 0.1) is 31.2 Å². The summed E-state index contributed by atoms with van der Waals surface area (Å²) >= 11 is 0. The van der Waals surface area contributed by atoms with Gasteiger partial charge >= 0.3 is 0 Å². The van der Waals surface area contributed by atoms with Crippen molar-refractivity contribution in [1.82, 2.24) is 0 Å². The molecule has 0 aromatic heterocycles. The molecule has 0 N–H and O–H groups in total. The molecule has 118 valence electrons. The van der Waals surface area contributed by atoms with Crippen LogP contribution in [0.1, 0.15) is 36.8 Å². The van der Waals surface area contributed by atoms with Gasteiger partial charge in [-0.15, -0.1) is 5.92 Å². The average molecular weight is 310 g/mol. The minimum atomic E-state index is -0.712. The van der Waals surface area contributed by atoms with Crippen LogP contribution in [0.25, 0.3) is 0 Å². The van der Waals surface area contributed by atoms with Crippen LogP contribution in [0, 0.1) is 23.7 Å². The van der Waals surface area contributed by atoms with Crippen molar-refractivity contribution in [2.75, 3.05) is 7.11 Å². The average Bonchev–Trinajstić information content (AvgIpc) is 3.22. The summed E-state index contributed by atoms with van der Waals surface area (Å²) in [5.41, 5.74) is 1.48. The second kappa shape index (κ2) is 5.21. The fourth-order valence-corrected chi connectivity index (χ4v) is 4.40. The lowest BCUT2D eigenvalue weighted by Gasteiger charge is -2.16. The quantitative estimate of drug-likeness (QED) is 0.620. The Hall–Kier alpha value is -2.12. The molecule has 4 nitrogen and oxygen atoms in total. The maximum atomic E-state index is 12.9. The molecule has 3 fully saturated rings. The Kier molecular flexibility index (Phi) is 3.28. The van der Waals surface area contributed by atoms with Crippen LogP contribution < -0.4 is 4.74 Å². The standard InChI is InChI=1S/C19H18O4/c1-3-4-10-5-6-11(14(9-10)22-2)15-18(20)16-12-7-8-13(23-12)17(16)19(15)21/h5-6,9,12-13,15-17H,7-8H2,1-2H3/t12?,13?,15?,16-,17+. The number of carbonyl (C=O) groups excluding carboxylic acids is 2. The molecule has 23 heavy (non-hydrogen) atoms. The number of Topliss-reactive ketones (excluding diaryl/α,β-unsaturated/α-hetero) is 2. The van der Waals surface area contributed by atoms with Gasteiger partial charge in [0.15, 0.2) is 11.6 Å². The molecule has 0 radical (unpaired) electrons. The highest BCUT2D eigenvalue weighted by molar-refractivity contribution is 6.17. The van der Waals surface area contributed by atoms with Crippen molar-refractivity contribution in [1.29, 1.82) is 0 Å². The molecule has 1 aromatic rings. The number of carbonyl (C=O) groups is 2. The van der Waals surface area contributed by atoms with Gasteiger partial charge in [0.2, 0.25) is 0 Å². The third-order valence-corrected chi connectivity index (χ3v) is 5.31. The van der Waals surface area contributed by atoms with Crippen molar-refractivity contribution < 1.29 is 19.1 Å². The summed E-state index contributed by atoms with van der Waals surface area (Å²) in [4.78, 5) is 25.8. The van der Waals surface area contributed by atoms with E-state index in [2.05, 4.69) is 11.8 Å². The van der Waals surface area contributed by atoms with E-state index in [4.69, 9.17) is 9.47 Å². The molecule has 0 amide bonds. The molecule has 3 unspecified atom stereocenters. The van der Waals surface area contributed by atoms with E-state index in [0.29, 0.717) is 11.3 Å². The lowest BCUT2D eigenvalue weighted by molar-refractivity contribution is -0.127. The first kappa shape index (κ1) is 14.5. The van der Waals surface area contributed by atoms with Gasteiger partial charge in [-0.3, -0.25) is 9.59 Å². The van der Waals surface area contributed by atoms with E-state index in [9.17, 15) is 9.59 Å². The van der Waals surface area contributed by atoms with Crippen LogP contribution in [0.3, 0.4) is 0 Å². The van der Waals surface area contributed by atoms with Crippen molar-refractivity contribution in [2.24, 2.45) is 11.8 Å². The van der Waals surface area contributed by atoms with Crippen molar-refractivity contribution in [3.63, 3.8) is 0 Å². The molecular weight excluding hydrogens is 292 g/mol. The third kappa shape index (κ3) is 1.96. The van der Waals surface area contributed by atoms with E-state index in [0.717, 1.165) is 18.4 Å². The van der Waals surface area contributed by atoms with Crippen LogP contribution in [0.4, 0.5) is 0 Å². The Morgan fingerprint density at radius 2 is 1.78 bits per heavy atom. The van der Waals surface area contributed by atoms with Crippen LogP contribution in [-0.4, -0.2) is 30.9 Å². The van der Waals surface area contributed by atoms with Crippen LogP contribution in [0.15, 0.2) is 18.2 Å². The highest BCUT2D eigenvalue weighted by Crippen LogP contribution is 2.53. The number of fused-ring (bicyclic) bond motifs is 5. The topological polar surface area (TPSA) is 52.6 Å². The van der Waals surface area contributed by atoms with Gasteiger partial charge < -0.3 is 9.47 Å². The van der Waals surface area contributed by atoms with Gasteiger partial charge in [0.25, 0.3) is 0 Å². The number of ether oxygens (including phenoxy) is 2. The largest absolute Gasteiger partial charge is 0.496 e. The number of ketones is 2. The van der Waals surface area contributed by atoms with E-state index in [1.165, 1.54) is 0 Å². The van der Waals surface area contributed by atoms with Gasteiger partial charge in [0.1, 0.15) is 11.7 Å². The summed E-state index contributed by atoms with van der Waals surface area (Å²) in [6.45, 7) is 1.77. The van der Waals surface area contributed by atoms with E-state index in [1.807, 2.05) is 12.1 Å². The smallest absolute Gasteiger partial charge is 0.154 e. The van der Waals surface area contributed by atoms with E-state index in [-0.39, 0.29) is 35.6 Å². The molecule has 1 saturated carbocycles. The minimum absolute atomic E-state index is 0.000161. The first-order valence-corrected chi connectivity index (χ1v) is 7.99. The third-order valence-electron chi connectivity index (χ3n) is 5.31. The molecule has 2 heterocycles. The number of hydrogen-bond donors (Lipinski definition) is 0. The summed E-state index contributed by atoms with van der Waals surface area (Å²) in [5.74, 6) is 5.14. The normalized spacial score (nSPS) is 34.3. The molecule has 1 aliphatic carbocycles. The minimum Gasteiger partial charge on any atom is -0.496 e. The predicted octanol–water partition coefficient (Wildman–Crippen LogP) is 2.10. The summed E-state index contributed by atoms with van der Waals surface area (Å²) < 4.78 is 11.2. The second-order valence-corrected chi connectivity index (χ2v) is 6.41. The molecule has 5 atom stereocenters. The summed E-state index contributed by atoms with van der Waals surface area (Å²) in [7, 11) is 1.56. The van der Waals surface area contributed by atoms with Crippen molar-refractivity contribution >= 4 is 11.6 Å². The second-order valence-electron chi connectivity index (χ2n) is 6.41. The maximum absolute atomic E-state index is 12.9. The SMILES string of the molecule is CC#Cc1ccc(C2C(=O)[C@@H]3C4CCC(O4)[C@@H]3C2=O)c(OC)c1. The van der Waals surface area contributed by atoms with Crippen molar-refractivity contribution in [2.45, 2.75) is 37.9 Å². The monoisotopic (exact) mass is 310 g/mol. The Labute approximate surface area is 135 Å². The fraction of sp³-hybridized carbons (Fsp3) is 0.474. The molecule has 2 aliphatic heterocycles. The van der Waals surface area contributed by atoms with Gasteiger partial charge in [0, 0.05) is 11.1 Å². The molecule has 0 spiro atoms. The molecule has 4 rings (SSSR count). The van der Waals surface area contributed by atoms with Gasteiger partial charge in [-0.1, -0.05) is 12.0 Å². The van der Waals surface area contributed by atoms with Gasteiger partial charge in [-0.25, -0.2) is 0 Å². The van der Waals surface area contributed by atoms with E-state index in [1.54, 1.807) is 20.1 Å². The zero-order valence-electron chi connectivity index (χ0n) is 13.2. The number of benzene rings is 1. The van der Waals surface area contributed by atoms with Crippen LogP contribution in [0.2, 0.25) is 0 Å². The Morgan fingerprint density at radius 3 is 2.35 bits per heavy atom. The first-order valence-electron chi connectivity index (χ1n) is 7.99. The highest BCUT2D eigenvalue weighted by atomic mass is 16.5. The van der Waals surface area contributed by atoms with Crippen molar-refractivity contribution in [3.05, 3.63) is 29.3 Å². The van der Waals surface area contributed by atoms with Crippen molar-refractivity contribution in [3.8, 4) is 17.6 Å². The molecule has 4 heteroatoms. The van der Waals surface area contributed by atoms with E-state index < -0.39 is 5.92 Å². The van der Waals surface area contributed by atoms with E-state index >= 15 is 0 Å². The van der Waals surface area contributed by atoms with Crippen LogP contribution in [0.5, 0.6) is 5.75 Å². The number of rotatable bonds is 2. The van der Waals surface area contributed by atoms with Gasteiger partial charge in [-0.2, -0.15) is 0 Å². The molecule has 1 aromatic carbocycles. The summed E-state index contributed by atoms with van der Waals surface area (Å²) in [6.07, 6.45) is 1.64. The fourth-order valence-electron chi connectivity index (χ4n) is 4.40. The zero-order valence-corrected chi connectivity index (χ0v) is 13.2.